The SMILES string of the molecule is NC(=NCC1CCC1)NCC1C2Cc3ccccc3C12. The predicted octanol–water partition coefficient (Wildman–Crippen LogP) is 2.28. The van der Waals surface area contributed by atoms with E-state index in [4.69, 9.17) is 5.73 Å². The van der Waals surface area contributed by atoms with Gasteiger partial charge in [0.1, 0.15) is 0 Å². The van der Waals surface area contributed by atoms with Crippen LogP contribution in [0.4, 0.5) is 0 Å². The minimum atomic E-state index is 0.648. The predicted molar refractivity (Wildman–Crippen MR) is 81.7 cm³/mol. The van der Waals surface area contributed by atoms with E-state index in [1.54, 1.807) is 11.1 Å². The molecule has 3 unspecified atom stereocenters. The molecule has 2 saturated carbocycles. The van der Waals surface area contributed by atoms with Gasteiger partial charge in [-0.1, -0.05) is 30.7 Å². The lowest BCUT2D eigenvalue weighted by atomic mass is 9.86. The first-order chi connectivity index (χ1) is 9.83. The van der Waals surface area contributed by atoms with Crippen molar-refractivity contribution in [1.82, 2.24) is 5.32 Å². The quantitative estimate of drug-likeness (QED) is 0.651. The van der Waals surface area contributed by atoms with Gasteiger partial charge in [-0.2, -0.15) is 0 Å². The molecule has 0 radical (unpaired) electrons. The third-order valence-electron chi connectivity index (χ3n) is 5.46. The normalized spacial score (nSPS) is 31.4. The highest BCUT2D eigenvalue weighted by molar-refractivity contribution is 5.77. The van der Waals surface area contributed by atoms with Crippen molar-refractivity contribution < 1.29 is 0 Å². The molecule has 2 fully saturated rings. The summed E-state index contributed by atoms with van der Waals surface area (Å²) in [5.41, 5.74) is 9.10. The highest BCUT2D eigenvalue weighted by atomic mass is 15.1. The third-order valence-corrected chi connectivity index (χ3v) is 5.46. The molecular formula is C17H23N3. The zero-order valence-corrected chi connectivity index (χ0v) is 11.9. The number of nitrogens with zero attached hydrogens (tertiary/aromatic N) is 1. The van der Waals surface area contributed by atoms with Crippen molar-refractivity contribution in [1.29, 1.82) is 0 Å². The maximum absolute atomic E-state index is 5.96. The van der Waals surface area contributed by atoms with Crippen LogP contribution < -0.4 is 11.1 Å². The van der Waals surface area contributed by atoms with Gasteiger partial charge in [0.25, 0.3) is 0 Å². The molecule has 106 valence electrons. The van der Waals surface area contributed by atoms with Crippen LogP contribution in [0.2, 0.25) is 0 Å². The van der Waals surface area contributed by atoms with Gasteiger partial charge in [-0.3, -0.25) is 4.99 Å². The van der Waals surface area contributed by atoms with E-state index in [1.165, 1.54) is 25.7 Å². The number of fused-ring (bicyclic) bond motifs is 3. The van der Waals surface area contributed by atoms with E-state index in [0.717, 1.165) is 36.8 Å². The summed E-state index contributed by atoms with van der Waals surface area (Å²) in [4.78, 5) is 4.47. The van der Waals surface area contributed by atoms with E-state index < -0.39 is 0 Å². The van der Waals surface area contributed by atoms with Gasteiger partial charge in [0.05, 0.1) is 0 Å². The van der Waals surface area contributed by atoms with Gasteiger partial charge in [-0.15, -0.1) is 0 Å². The summed E-state index contributed by atoms with van der Waals surface area (Å²) in [6.45, 7) is 1.91. The number of nitrogens with one attached hydrogen (secondary N) is 1. The molecule has 1 aromatic carbocycles. The van der Waals surface area contributed by atoms with Gasteiger partial charge >= 0.3 is 0 Å². The lowest BCUT2D eigenvalue weighted by Gasteiger charge is -2.23. The Morgan fingerprint density at radius 2 is 2.15 bits per heavy atom. The molecule has 20 heavy (non-hydrogen) atoms. The summed E-state index contributed by atoms with van der Waals surface area (Å²) in [5.74, 6) is 3.83. The van der Waals surface area contributed by atoms with Crippen LogP contribution in [-0.2, 0) is 6.42 Å². The molecule has 0 bridgehead atoms. The van der Waals surface area contributed by atoms with E-state index in [0.29, 0.717) is 5.96 Å². The van der Waals surface area contributed by atoms with Crippen molar-refractivity contribution in [2.24, 2.45) is 28.5 Å². The molecule has 3 aliphatic carbocycles. The molecule has 0 saturated heterocycles. The second kappa shape index (κ2) is 4.80. The van der Waals surface area contributed by atoms with Crippen molar-refractivity contribution in [3.05, 3.63) is 35.4 Å². The molecule has 0 aromatic heterocycles. The van der Waals surface area contributed by atoms with Crippen molar-refractivity contribution in [3.8, 4) is 0 Å². The zero-order valence-electron chi connectivity index (χ0n) is 11.9. The summed E-state index contributed by atoms with van der Waals surface area (Å²) in [7, 11) is 0. The van der Waals surface area contributed by atoms with Crippen molar-refractivity contribution in [3.63, 3.8) is 0 Å². The van der Waals surface area contributed by atoms with Gasteiger partial charge in [-0.25, -0.2) is 0 Å². The number of hydrogen-bond donors (Lipinski definition) is 2. The molecule has 3 aliphatic rings. The number of guanidine groups is 1. The average molecular weight is 269 g/mol. The molecule has 3 atom stereocenters. The molecule has 0 amide bonds. The highest BCUT2D eigenvalue weighted by Gasteiger charge is 2.54. The van der Waals surface area contributed by atoms with Gasteiger partial charge < -0.3 is 11.1 Å². The van der Waals surface area contributed by atoms with Crippen LogP contribution in [0.1, 0.15) is 36.3 Å². The molecule has 0 heterocycles. The van der Waals surface area contributed by atoms with Crippen LogP contribution in [0, 0.1) is 17.8 Å². The van der Waals surface area contributed by atoms with Crippen LogP contribution >= 0.6 is 0 Å². The standard InChI is InChI=1S/C17H23N3/c18-17(19-9-11-4-3-5-11)20-10-15-14-8-12-6-1-2-7-13(12)16(14)15/h1-2,6-7,11,14-16H,3-5,8-10H2,(H3,18,19,20). The second-order valence-electron chi connectivity index (χ2n) is 6.66. The molecule has 3 nitrogen and oxygen atoms in total. The number of nitrogens with two attached hydrogens (primary N) is 1. The molecule has 3 heteroatoms. The summed E-state index contributed by atoms with van der Waals surface area (Å²) in [6, 6.07) is 8.90. The molecule has 1 aromatic rings. The average Bonchev–Trinajstić information content (AvgIpc) is 2.94. The van der Waals surface area contributed by atoms with Gasteiger partial charge in [-0.05, 0) is 54.1 Å². The molecular weight excluding hydrogens is 246 g/mol. The lowest BCUT2D eigenvalue weighted by Crippen LogP contribution is -2.34. The topological polar surface area (TPSA) is 50.4 Å². The Labute approximate surface area is 120 Å². The minimum absolute atomic E-state index is 0.648. The van der Waals surface area contributed by atoms with Crippen LogP contribution in [0.3, 0.4) is 0 Å². The first kappa shape index (κ1) is 12.2. The Kier molecular flexibility index (Phi) is 2.94. The van der Waals surface area contributed by atoms with Crippen LogP contribution in [0.5, 0.6) is 0 Å². The maximum atomic E-state index is 5.96. The Hall–Kier alpha value is -1.51. The molecule has 0 spiro atoms. The van der Waals surface area contributed by atoms with E-state index >= 15 is 0 Å². The molecule has 0 aliphatic heterocycles. The molecule has 4 rings (SSSR count). The summed E-state index contributed by atoms with van der Waals surface area (Å²) in [5, 5.41) is 3.34. The Morgan fingerprint density at radius 3 is 2.95 bits per heavy atom. The van der Waals surface area contributed by atoms with E-state index in [1.807, 2.05) is 0 Å². The summed E-state index contributed by atoms with van der Waals surface area (Å²) < 4.78 is 0. The molecule has 3 N–H and O–H groups in total. The third kappa shape index (κ3) is 2.09. The number of aliphatic imine (C=N–C) groups is 1. The van der Waals surface area contributed by atoms with E-state index in [-0.39, 0.29) is 0 Å². The monoisotopic (exact) mass is 269 g/mol. The Balaban J connectivity index is 1.28. The van der Waals surface area contributed by atoms with Crippen LogP contribution in [-0.4, -0.2) is 19.0 Å². The smallest absolute Gasteiger partial charge is 0.188 e. The van der Waals surface area contributed by atoms with Crippen molar-refractivity contribution >= 4 is 5.96 Å². The van der Waals surface area contributed by atoms with Crippen molar-refractivity contribution in [2.75, 3.05) is 13.1 Å². The van der Waals surface area contributed by atoms with Crippen LogP contribution in [0.25, 0.3) is 0 Å². The van der Waals surface area contributed by atoms with Gasteiger partial charge in [0.15, 0.2) is 5.96 Å². The number of hydrogen-bond acceptors (Lipinski definition) is 1. The Bertz CT molecular complexity index is 533. The fourth-order valence-electron chi connectivity index (χ4n) is 3.94. The Morgan fingerprint density at radius 1 is 1.30 bits per heavy atom. The fourth-order valence-corrected chi connectivity index (χ4v) is 3.94. The summed E-state index contributed by atoms with van der Waals surface area (Å²) in [6.07, 6.45) is 5.30. The van der Waals surface area contributed by atoms with Gasteiger partial charge in [0, 0.05) is 13.1 Å². The largest absolute Gasteiger partial charge is 0.370 e. The number of rotatable bonds is 4. The van der Waals surface area contributed by atoms with Crippen LogP contribution in [0.15, 0.2) is 29.3 Å². The highest BCUT2D eigenvalue weighted by Crippen LogP contribution is 2.60. The van der Waals surface area contributed by atoms with Crippen molar-refractivity contribution in [2.45, 2.75) is 31.6 Å². The first-order valence-electron chi connectivity index (χ1n) is 7.94. The van der Waals surface area contributed by atoms with E-state index in [2.05, 4.69) is 34.6 Å². The zero-order chi connectivity index (χ0) is 13.5. The van der Waals surface area contributed by atoms with Gasteiger partial charge in [0.2, 0.25) is 0 Å². The first-order valence-corrected chi connectivity index (χ1v) is 7.94. The second-order valence-corrected chi connectivity index (χ2v) is 6.66. The maximum Gasteiger partial charge on any atom is 0.188 e. The lowest BCUT2D eigenvalue weighted by molar-refractivity contribution is 0.326. The number of benzene rings is 1. The van der Waals surface area contributed by atoms with E-state index in [9.17, 15) is 0 Å². The minimum Gasteiger partial charge on any atom is -0.370 e. The fraction of sp³-hybridized carbons (Fsp3) is 0.588. The summed E-state index contributed by atoms with van der Waals surface area (Å²) >= 11 is 0.